The smallest absolute Gasteiger partial charge is 0.165 e. The standard InChI is InChI=1S/C22H31NO2.C2H6/c1-7-15(2)21(20-16(3)12-22(4,5)13-19(20)24)23-18-10-8-17(9-11-18)14-25-6;1-2/h8-11,15,23H,3,7,12-14H2,1-2,4-6H3;1-2H3/b21-20-;. The number of ether oxygens (including phenoxy) is 1. The molecule has 1 atom stereocenters. The van der Waals surface area contributed by atoms with Crippen molar-refractivity contribution >= 4 is 11.5 Å². The Hall–Kier alpha value is -1.87. The molecule has 0 spiro atoms. The number of nitrogens with one attached hydrogen (secondary N) is 1. The molecule has 1 fully saturated rings. The van der Waals surface area contributed by atoms with Gasteiger partial charge in [0.25, 0.3) is 0 Å². The zero-order valence-corrected chi connectivity index (χ0v) is 18.2. The number of methoxy groups -OCH3 is 1. The molecular weight excluding hydrogens is 334 g/mol. The van der Waals surface area contributed by atoms with Crippen LogP contribution in [-0.4, -0.2) is 12.9 Å². The number of carbonyl (C=O) groups excluding carboxylic acids is 1. The van der Waals surface area contributed by atoms with E-state index in [1.165, 1.54) is 0 Å². The van der Waals surface area contributed by atoms with Gasteiger partial charge in [0.1, 0.15) is 0 Å². The van der Waals surface area contributed by atoms with E-state index >= 15 is 0 Å². The molecule has 3 heteroatoms. The number of carbonyl (C=O) groups is 1. The Morgan fingerprint density at radius 2 is 1.81 bits per heavy atom. The van der Waals surface area contributed by atoms with Crippen molar-refractivity contribution in [3.63, 3.8) is 0 Å². The van der Waals surface area contributed by atoms with Crippen molar-refractivity contribution < 1.29 is 9.53 Å². The minimum Gasteiger partial charge on any atom is -0.380 e. The van der Waals surface area contributed by atoms with Crippen molar-refractivity contribution in [2.24, 2.45) is 11.3 Å². The second kappa shape index (κ2) is 10.5. The second-order valence-corrected chi connectivity index (χ2v) is 7.90. The van der Waals surface area contributed by atoms with Crippen molar-refractivity contribution in [3.8, 4) is 0 Å². The van der Waals surface area contributed by atoms with Crippen LogP contribution in [0.25, 0.3) is 0 Å². The van der Waals surface area contributed by atoms with E-state index in [2.05, 4.69) is 39.6 Å². The Bertz CT molecular complexity index is 646. The summed E-state index contributed by atoms with van der Waals surface area (Å²) in [6, 6.07) is 8.17. The van der Waals surface area contributed by atoms with Crippen LogP contribution >= 0.6 is 0 Å². The zero-order valence-electron chi connectivity index (χ0n) is 18.2. The quantitative estimate of drug-likeness (QED) is 0.579. The molecule has 0 aliphatic heterocycles. The van der Waals surface area contributed by atoms with E-state index < -0.39 is 0 Å². The molecule has 1 aromatic carbocycles. The molecule has 1 N–H and O–H groups in total. The minimum atomic E-state index is 0.0000301. The number of benzene rings is 1. The van der Waals surface area contributed by atoms with E-state index in [1.807, 2.05) is 38.1 Å². The predicted octanol–water partition coefficient (Wildman–Crippen LogP) is 6.52. The van der Waals surface area contributed by atoms with Crippen molar-refractivity contribution in [2.75, 3.05) is 12.4 Å². The van der Waals surface area contributed by atoms with Gasteiger partial charge in [0.2, 0.25) is 0 Å². The topological polar surface area (TPSA) is 38.3 Å². The number of allylic oxidation sites excluding steroid dienone is 3. The fourth-order valence-electron chi connectivity index (χ4n) is 3.43. The highest BCUT2D eigenvalue weighted by Crippen LogP contribution is 2.41. The van der Waals surface area contributed by atoms with Crippen LogP contribution < -0.4 is 5.32 Å². The van der Waals surface area contributed by atoms with Gasteiger partial charge in [-0.05, 0) is 47.4 Å². The molecular formula is C24H37NO2. The lowest BCUT2D eigenvalue weighted by atomic mass is 9.71. The maximum atomic E-state index is 12.8. The summed E-state index contributed by atoms with van der Waals surface area (Å²) >= 11 is 0. The van der Waals surface area contributed by atoms with Gasteiger partial charge >= 0.3 is 0 Å². The molecule has 0 aromatic heterocycles. The lowest BCUT2D eigenvalue weighted by Gasteiger charge is -2.34. The summed E-state index contributed by atoms with van der Waals surface area (Å²) in [5.74, 6) is 0.482. The molecule has 150 valence electrons. The SMILES string of the molecule is C=C1CC(C)(C)CC(=O)/C1=C(\Nc1ccc(COC)cc1)C(C)CC.CC. The van der Waals surface area contributed by atoms with E-state index in [9.17, 15) is 4.79 Å². The lowest BCUT2D eigenvalue weighted by Crippen LogP contribution is -2.29. The van der Waals surface area contributed by atoms with Crippen molar-refractivity contribution in [1.82, 2.24) is 0 Å². The largest absolute Gasteiger partial charge is 0.380 e. The van der Waals surface area contributed by atoms with E-state index in [4.69, 9.17) is 4.74 Å². The predicted molar refractivity (Wildman–Crippen MR) is 116 cm³/mol. The average Bonchev–Trinajstić information content (AvgIpc) is 2.62. The van der Waals surface area contributed by atoms with Crippen LogP contribution in [0, 0.1) is 11.3 Å². The van der Waals surface area contributed by atoms with E-state index in [1.54, 1.807) is 7.11 Å². The molecule has 1 aliphatic carbocycles. The van der Waals surface area contributed by atoms with Gasteiger partial charge in [-0.3, -0.25) is 4.79 Å². The zero-order chi connectivity index (χ0) is 20.6. The first-order chi connectivity index (χ1) is 12.8. The van der Waals surface area contributed by atoms with Crippen molar-refractivity contribution in [1.29, 1.82) is 0 Å². The summed E-state index contributed by atoms with van der Waals surface area (Å²) < 4.78 is 5.16. The number of Topliss-reactive ketones (excluding diaryl/α,β-unsaturated/α-hetero) is 1. The van der Waals surface area contributed by atoms with Crippen LogP contribution in [-0.2, 0) is 16.1 Å². The number of ketones is 1. The van der Waals surface area contributed by atoms with E-state index in [0.29, 0.717) is 13.0 Å². The van der Waals surface area contributed by atoms with Gasteiger partial charge in [-0.1, -0.05) is 60.3 Å². The third kappa shape index (κ3) is 6.35. The third-order valence-corrected chi connectivity index (χ3v) is 4.88. The van der Waals surface area contributed by atoms with Gasteiger partial charge in [-0.2, -0.15) is 0 Å². The Kier molecular flexibility index (Phi) is 8.98. The molecule has 1 unspecified atom stereocenters. The first-order valence-corrected chi connectivity index (χ1v) is 10.1. The van der Waals surface area contributed by atoms with Crippen LogP contribution in [0.3, 0.4) is 0 Å². The first-order valence-electron chi connectivity index (χ1n) is 10.1. The molecule has 1 aromatic rings. The molecule has 1 aliphatic rings. The fraction of sp³-hybridized carbons (Fsp3) is 0.542. The second-order valence-electron chi connectivity index (χ2n) is 7.90. The van der Waals surface area contributed by atoms with Crippen LogP contribution in [0.2, 0.25) is 0 Å². The third-order valence-electron chi connectivity index (χ3n) is 4.88. The summed E-state index contributed by atoms with van der Waals surface area (Å²) in [5, 5.41) is 3.51. The molecule has 0 saturated heterocycles. The molecule has 1 saturated carbocycles. The van der Waals surface area contributed by atoms with Crippen LogP contribution in [0.15, 0.2) is 47.7 Å². The Balaban J connectivity index is 0.00000176. The average molecular weight is 372 g/mol. The maximum Gasteiger partial charge on any atom is 0.165 e. The maximum absolute atomic E-state index is 12.8. The van der Waals surface area contributed by atoms with Gasteiger partial charge in [-0.25, -0.2) is 0 Å². The van der Waals surface area contributed by atoms with Crippen LogP contribution in [0.4, 0.5) is 5.69 Å². The van der Waals surface area contributed by atoms with Gasteiger partial charge in [0.05, 0.1) is 6.61 Å². The van der Waals surface area contributed by atoms with Crippen LogP contribution in [0.5, 0.6) is 0 Å². The number of rotatable bonds is 6. The van der Waals surface area contributed by atoms with E-state index in [0.717, 1.165) is 40.9 Å². The highest BCUT2D eigenvalue weighted by atomic mass is 16.5. The molecule has 0 amide bonds. The van der Waals surface area contributed by atoms with Crippen molar-refractivity contribution in [2.45, 2.75) is 67.4 Å². The highest BCUT2D eigenvalue weighted by molar-refractivity contribution is 6.02. The summed E-state index contributed by atoms with van der Waals surface area (Å²) in [6.45, 7) is 17.4. The lowest BCUT2D eigenvalue weighted by molar-refractivity contribution is -0.118. The van der Waals surface area contributed by atoms with Gasteiger partial charge in [0.15, 0.2) is 5.78 Å². The Labute approximate surface area is 165 Å². The van der Waals surface area contributed by atoms with E-state index in [-0.39, 0.29) is 17.1 Å². The first kappa shape index (κ1) is 23.2. The highest BCUT2D eigenvalue weighted by Gasteiger charge is 2.34. The summed E-state index contributed by atoms with van der Waals surface area (Å²) in [7, 11) is 1.69. The molecule has 0 bridgehead atoms. The summed E-state index contributed by atoms with van der Waals surface area (Å²) in [5.41, 5.74) is 4.90. The monoisotopic (exact) mass is 371 g/mol. The normalized spacial score (nSPS) is 19.1. The fourth-order valence-corrected chi connectivity index (χ4v) is 3.43. The molecule has 3 nitrogen and oxygen atoms in total. The number of hydrogen-bond donors (Lipinski definition) is 1. The summed E-state index contributed by atoms with van der Waals surface area (Å²) in [4.78, 5) is 12.8. The summed E-state index contributed by atoms with van der Waals surface area (Å²) in [6.07, 6.45) is 2.41. The van der Waals surface area contributed by atoms with Gasteiger partial charge in [0, 0.05) is 30.5 Å². The van der Waals surface area contributed by atoms with Gasteiger partial charge in [-0.15, -0.1) is 0 Å². The molecule has 0 heterocycles. The molecule has 2 rings (SSSR count). The number of hydrogen-bond acceptors (Lipinski definition) is 3. The van der Waals surface area contributed by atoms with Crippen LogP contribution in [0.1, 0.15) is 66.4 Å². The number of anilines is 1. The molecule has 27 heavy (non-hydrogen) atoms. The minimum absolute atomic E-state index is 0.0000301. The van der Waals surface area contributed by atoms with Gasteiger partial charge < -0.3 is 10.1 Å². The Morgan fingerprint density at radius 1 is 1.22 bits per heavy atom. The van der Waals surface area contributed by atoms with Crippen molar-refractivity contribution in [3.05, 3.63) is 53.3 Å². The Morgan fingerprint density at radius 3 is 2.30 bits per heavy atom. The molecule has 0 radical (unpaired) electrons.